The van der Waals surface area contributed by atoms with Crippen molar-refractivity contribution in [1.29, 1.82) is 0 Å². The number of nitrogen functional groups attached to an aromatic ring is 1. The number of nitrogens with zero attached hydrogens (tertiary/aromatic N) is 2. The molecule has 0 spiro atoms. The molecule has 0 unspecified atom stereocenters. The number of benzene rings is 1. The second kappa shape index (κ2) is 4.66. The van der Waals surface area contributed by atoms with Crippen molar-refractivity contribution in [1.82, 2.24) is 4.98 Å². The summed E-state index contributed by atoms with van der Waals surface area (Å²) in [5.74, 6) is 0.0383. The molecule has 3 rings (SSSR count). The number of amides is 1. The van der Waals surface area contributed by atoms with Gasteiger partial charge in [0.15, 0.2) is 0 Å². The van der Waals surface area contributed by atoms with E-state index in [0.29, 0.717) is 4.88 Å². The Balaban J connectivity index is 1.97. The number of carbonyl (C=O) groups excluding carboxylic acids is 1. The fourth-order valence-corrected chi connectivity index (χ4v) is 3.15. The molecule has 0 atom stereocenters. The highest BCUT2D eigenvalue weighted by atomic mass is 32.1. The summed E-state index contributed by atoms with van der Waals surface area (Å²) in [6.45, 7) is 2.67. The lowest BCUT2D eigenvalue weighted by Crippen LogP contribution is -2.35. The Labute approximate surface area is 115 Å². The summed E-state index contributed by atoms with van der Waals surface area (Å²) >= 11 is 1.44. The van der Waals surface area contributed by atoms with Gasteiger partial charge >= 0.3 is 0 Å². The van der Waals surface area contributed by atoms with Crippen LogP contribution in [0.3, 0.4) is 0 Å². The Bertz CT molecular complexity index is 635. The van der Waals surface area contributed by atoms with Crippen molar-refractivity contribution >= 4 is 28.6 Å². The number of aromatic nitrogens is 1. The van der Waals surface area contributed by atoms with Gasteiger partial charge in [0, 0.05) is 17.9 Å². The van der Waals surface area contributed by atoms with Gasteiger partial charge in [-0.05, 0) is 43.5 Å². The van der Waals surface area contributed by atoms with E-state index in [9.17, 15) is 4.79 Å². The van der Waals surface area contributed by atoms with Crippen LogP contribution >= 0.6 is 11.3 Å². The van der Waals surface area contributed by atoms with Crippen molar-refractivity contribution in [2.24, 2.45) is 0 Å². The predicted molar refractivity (Wildman–Crippen MR) is 77.7 cm³/mol. The quantitative estimate of drug-likeness (QED) is 0.813. The molecule has 2 heterocycles. The van der Waals surface area contributed by atoms with E-state index in [-0.39, 0.29) is 5.91 Å². The van der Waals surface area contributed by atoms with Gasteiger partial charge < -0.3 is 10.6 Å². The third-order valence-electron chi connectivity index (χ3n) is 3.30. The number of hydrogen-bond acceptors (Lipinski definition) is 4. The fourth-order valence-electron chi connectivity index (χ4n) is 2.42. The standard InChI is InChI=1S/C14H15N3OS/c1-9-16-8-13(19-9)14(18)17-6-2-3-10-7-11(15)4-5-12(10)17/h4-5,7-8H,2-3,6,15H2,1H3. The van der Waals surface area contributed by atoms with Gasteiger partial charge in [0.2, 0.25) is 0 Å². The monoisotopic (exact) mass is 273 g/mol. The van der Waals surface area contributed by atoms with E-state index in [1.54, 1.807) is 6.20 Å². The number of rotatable bonds is 1. The van der Waals surface area contributed by atoms with Crippen molar-refractivity contribution < 1.29 is 4.79 Å². The lowest BCUT2D eigenvalue weighted by molar-refractivity contribution is 0.0989. The van der Waals surface area contributed by atoms with E-state index in [0.717, 1.165) is 41.3 Å². The highest BCUT2D eigenvalue weighted by Crippen LogP contribution is 2.30. The van der Waals surface area contributed by atoms with E-state index in [1.807, 2.05) is 30.0 Å². The normalized spacial score (nSPS) is 14.3. The maximum absolute atomic E-state index is 12.5. The zero-order valence-electron chi connectivity index (χ0n) is 10.7. The Morgan fingerprint density at radius 1 is 1.47 bits per heavy atom. The number of carbonyl (C=O) groups is 1. The highest BCUT2D eigenvalue weighted by molar-refractivity contribution is 7.13. The first-order valence-corrected chi connectivity index (χ1v) is 7.09. The minimum atomic E-state index is 0.0383. The average Bonchev–Trinajstić information content (AvgIpc) is 2.83. The molecule has 1 aromatic carbocycles. The Kier molecular flexibility index (Phi) is 2.98. The SMILES string of the molecule is Cc1ncc(C(=O)N2CCCc3cc(N)ccc32)s1. The summed E-state index contributed by atoms with van der Waals surface area (Å²) < 4.78 is 0. The van der Waals surface area contributed by atoms with Crippen LogP contribution in [0.25, 0.3) is 0 Å². The van der Waals surface area contributed by atoms with Crippen LogP contribution in [-0.2, 0) is 6.42 Å². The summed E-state index contributed by atoms with van der Waals surface area (Å²) in [5.41, 5.74) is 8.69. The van der Waals surface area contributed by atoms with Gasteiger partial charge in [-0.1, -0.05) is 0 Å². The van der Waals surface area contributed by atoms with E-state index < -0.39 is 0 Å². The van der Waals surface area contributed by atoms with Crippen LogP contribution in [-0.4, -0.2) is 17.4 Å². The summed E-state index contributed by atoms with van der Waals surface area (Å²) in [5, 5.41) is 0.915. The molecule has 0 saturated carbocycles. The molecule has 1 aliphatic rings. The van der Waals surface area contributed by atoms with Crippen LogP contribution in [0.2, 0.25) is 0 Å². The van der Waals surface area contributed by atoms with Crippen molar-refractivity contribution in [2.75, 3.05) is 17.2 Å². The third kappa shape index (κ3) is 2.21. The molecule has 98 valence electrons. The van der Waals surface area contributed by atoms with Crippen LogP contribution in [0, 0.1) is 6.92 Å². The topological polar surface area (TPSA) is 59.2 Å². The molecule has 2 aromatic rings. The van der Waals surface area contributed by atoms with E-state index in [1.165, 1.54) is 11.3 Å². The van der Waals surface area contributed by atoms with Gasteiger partial charge in [-0.3, -0.25) is 4.79 Å². The molecule has 0 aliphatic carbocycles. The van der Waals surface area contributed by atoms with Crippen LogP contribution in [0.4, 0.5) is 11.4 Å². The molecule has 0 saturated heterocycles. The van der Waals surface area contributed by atoms with E-state index in [2.05, 4.69) is 4.98 Å². The van der Waals surface area contributed by atoms with Crippen molar-refractivity contribution in [2.45, 2.75) is 19.8 Å². The summed E-state index contributed by atoms with van der Waals surface area (Å²) in [6.07, 6.45) is 3.61. The maximum atomic E-state index is 12.5. The Morgan fingerprint density at radius 2 is 2.32 bits per heavy atom. The van der Waals surface area contributed by atoms with Crippen molar-refractivity contribution in [3.63, 3.8) is 0 Å². The molecular formula is C14H15N3OS. The number of hydrogen-bond donors (Lipinski definition) is 1. The average molecular weight is 273 g/mol. The van der Waals surface area contributed by atoms with Crippen LogP contribution in [0.15, 0.2) is 24.4 Å². The molecule has 0 fully saturated rings. The van der Waals surface area contributed by atoms with Gasteiger partial charge in [0.25, 0.3) is 5.91 Å². The molecule has 1 aromatic heterocycles. The van der Waals surface area contributed by atoms with Crippen molar-refractivity contribution in [3.05, 3.63) is 39.8 Å². The number of nitrogens with two attached hydrogens (primary N) is 1. The van der Waals surface area contributed by atoms with Crippen LogP contribution < -0.4 is 10.6 Å². The molecule has 1 aliphatic heterocycles. The van der Waals surface area contributed by atoms with E-state index in [4.69, 9.17) is 5.73 Å². The molecule has 0 bridgehead atoms. The van der Waals surface area contributed by atoms with E-state index >= 15 is 0 Å². The summed E-state index contributed by atoms with van der Waals surface area (Å²) in [7, 11) is 0. The third-order valence-corrected chi connectivity index (χ3v) is 4.20. The first kappa shape index (κ1) is 12.2. The summed E-state index contributed by atoms with van der Waals surface area (Å²) in [6, 6.07) is 5.75. The van der Waals surface area contributed by atoms with Crippen molar-refractivity contribution in [3.8, 4) is 0 Å². The molecule has 5 heteroatoms. The fraction of sp³-hybridized carbons (Fsp3) is 0.286. The zero-order chi connectivity index (χ0) is 13.4. The molecule has 1 amide bonds. The predicted octanol–water partition coefficient (Wildman–Crippen LogP) is 2.63. The van der Waals surface area contributed by atoms with Gasteiger partial charge in [-0.25, -0.2) is 4.98 Å². The molecule has 0 radical (unpaired) electrons. The molecular weight excluding hydrogens is 258 g/mol. The molecule has 19 heavy (non-hydrogen) atoms. The summed E-state index contributed by atoms with van der Waals surface area (Å²) in [4.78, 5) is 19.2. The number of fused-ring (bicyclic) bond motifs is 1. The number of anilines is 2. The maximum Gasteiger partial charge on any atom is 0.269 e. The Hall–Kier alpha value is -1.88. The van der Waals surface area contributed by atoms with Crippen LogP contribution in [0.5, 0.6) is 0 Å². The second-order valence-corrected chi connectivity index (χ2v) is 5.93. The second-order valence-electron chi connectivity index (χ2n) is 4.69. The molecule has 4 nitrogen and oxygen atoms in total. The van der Waals surface area contributed by atoms with Gasteiger partial charge in [-0.15, -0.1) is 11.3 Å². The number of aryl methyl sites for hydroxylation is 2. The van der Waals surface area contributed by atoms with Gasteiger partial charge in [0.05, 0.1) is 11.2 Å². The minimum Gasteiger partial charge on any atom is -0.399 e. The lowest BCUT2D eigenvalue weighted by atomic mass is 10.0. The number of thiazole rings is 1. The smallest absolute Gasteiger partial charge is 0.269 e. The first-order chi connectivity index (χ1) is 9.15. The Morgan fingerprint density at radius 3 is 3.05 bits per heavy atom. The zero-order valence-corrected chi connectivity index (χ0v) is 11.5. The van der Waals surface area contributed by atoms with Crippen LogP contribution in [0.1, 0.15) is 26.7 Å². The van der Waals surface area contributed by atoms with Gasteiger partial charge in [-0.2, -0.15) is 0 Å². The minimum absolute atomic E-state index is 0.0383. The largest absolute Gasteiger partial charge is 0.399 e. The first-order valence-electron chi connectivity index (χ1n) is 6.28. The molecule has 2 N–H and O–H groups in total. The lowest BCUT2D eigenvalue weighted by Gasteiger charge is -2.29. The van der Waals surface area contributed by atoms with Gasteiger partial charge in [0.1, 0.15) is 4.88 Å². The highest BCUT2D eigenvalue weighted by Gasteiger charge is 2.24.